The fraction of sp³-hybridized carbons (Fsp3) is 0.167. The first-order chi connectivity index (χ1) is 8.75. The largest absolute Gasteiger partial charge is 0.480 e. The topological polar surface area (TPSA) is 88.0 Å². The van der Waals surface area contributed by atoms with Crippen molar-refractivity contribution in [1.82, 2.24) is 15.4 Å². The van der Waals surface area contributed by atoms with E-state index < -0.39 is 12.0 Å². The van der Waals surface area contributed by atoms with Gasteiger partial charge in [0, 0.05) is 6.42 Å². The predicted molar refractivity (Wildman–Crippen MR) is 65.0 cm³/mol. The minimum absolute atomic E-state index is 0.387. The Morgan fingerprint density at radius 3 is 2.50 bits per heavy atom. The fourth-order valence-corrected chi connectivity index (χ4v) is 1.56. The second-order valence-corrected chi connectivity index (χ2v) is 3.76. The summed E-state index contributed by atoms with van der Waals surface area (Å²) in [6, 6.07) is 8.71. The molecule has 18 heavy (non-hydrogen) atoms. The number of nitrogens with zero attached hydrogens (tertiary/aromatic N) is 3. The van der Waals surface area contributed by atoms with Crippen molar-refractivity contribution in [3.05, 3.63) is 48.3 Å². The fourth-order valence-electron chi connectivity index (χ4n) is 1.56. The number of rotatable bonds is 5. The van der Waals surface area contributed by atoms with Crippen LogP contribution in [0.1, 0.15) is 5.56 Å². The Morgan fingerprint density at radius 2 is 1.89 bits per heavy atom. The van der Waals surface area contributed by atoms with E-state index in [-0.39, 0.29) is 0 Å². The lowest BCUT2D eigenvalue weighted by atomic mass is 10.1. The zero-order chi connectivity index (χ0) is 12.8. The van der Waals surface area contributed by atoms with E-state index >= 15 is 0 Å². The summed E-state index contributed by atoms with van der Waals surface area (Å²) in [6.07, 6.45) is 3.26. The van der Waals surface area contributed by atoms with Crippen molar-refractivity contribution in [2.24, 2.45) is 0 Å². The van der Waals surface area contributed by atoms with E-state index in [1.165, 1.54) is 12.4 Å². The van der Waals surface area contributed by atoms with Crippen molar-refractivity contribution < 1.29 is 9.90 Å². The normalized spacial score (nSPS) is 11.8. The van der Waals surface area contributed by atoms with Crippen molar-refractivity contribution in [3.8, 4) is 0 Å². The van der Waals surface area contributed by atoms with E-state index in [0.717, 1.165) is 5.56 Å². The Morgan fingerprint density at radius 1 is 1.22 bits per heavy atom. The molecule has 1 aromatic carbocycles. The van der Waals surface area contributed by atoms with Crippen LogP contribution in [0.4, 0.5) is 5.69 Å². The summed E-state index contributed by atoms with van der Waals surface area (Å²) in [5, 5.41) is 22.6. The lowest BCUT2D eigenvalue weighted by molar-refractivity contribution is -0.137. The zero-order valence-electron chi connectivity index (χ0n) is 9.52. The van der Waals surface area contributed by atoms with E-state index in [2.05, 4.69) is 20.7 Å². The minimum Gasteiger partial charge on any atom is -0.480 e. The lowest BCUT2D eigenvalue weighted by Gasteiger charge is -2.14. The van der Waals surface area contributed by atoms with E-state index in [4.69, 9.17) is 0 Å². The summed E-state index contributed by atoms with van der Waals surface area (Å²) >= 11 is 0. The molecule has 92 valence electrons. The molecule has 2 rings (SSSR count). The number of carboxylic acids is 1. The van der Waals surface area contributed by atoms with Gasteiger partial charge in [0.05, 0.1) is 18.1 Å². The number of carbonyl (C=O) groups is 1. The summed E-state index contributed by atoms with van der Waals surface area (Å²) in [7, 11) is 0. The van der Waals surface area contributed by atoms with Crippen LogP contribution in [0.2, 0.25) is 0 Å². The highest BCUT2D eigenvalue weighted by Gasteiger charge is 2.17. The number of aliphatic carboxylic acids is 1. The summed E-state index contributed by atoms with van der Waals surface area (Å²) in [4.78, 5) is 11.2. The smallest absolute Gasteiger partial charge is 0.326 e. The van der Waals surface area contributed by atoms with Crippen LogP contribution in [0.3, 0.4) is 0 Å². The number of aromatic nitrogens is 3. The molecule has 0 amide bonds. The summed E-state index contributed by atoms with van der Waals surface area (Å²) in [6.45, 7) is 0. The SMILES string of the molecule is O=C(O)C(Cc1ccccc1)Nc1cnnnc1. The van der Waals surface area contributed by atoms with Crippen LogP contribution in [0.25, 0.3) is 0 Å². The Balaban J connectivity index is 2.08. The number of carboxylic acid groups (broad SMARTS) is 1. The molecule has 0 bridgehead atoms. The summed E-state index contributed by atoms with van der Waals surface area (Å²) in [5.41, 5.74) is 1.49. The van der Waals surface area contributed by atoms with Gasteiger partial charge in [-0.25, -0.2) is 4.79 Å². The van der Waals surface area contributed by atoms with Gasteiger partial charge in [0.25, 0.3) is 0 Å². The van der Waals surface area contributed by atoms with Gasteiger partial charge in [0.1, 0.15) is 6.04 Å². The Hall–Kier alpha value is -2.50. The van der Waals surface area contributed by atoms with Crippen molar-refractivity contribution in [1.29, 1.82) is 0 Å². The molecule has 2 N–H and O–H groups in total. The van der Waals surface area contributed by atoms with Crippen LogP contribution in [0.5, 0.6) is 0 Å². The first kappa shape index (κ1) is 12.0. The molecule has 0 aliphatic carbocycles. The van der Waals surface area contributed by atoms with Crippen LogP contribution in [0, 0.1) is 0 Å². The first-order valence-corrected chi connectivity index (χ1v) is 5.42. The Labute approximate surface area is 104 Å². The van der Waals surface area contributed by atoms with Gasteiger partial charge in [-0.3, -0.25) is 0 Å². The van der Waals surface area contributed by atoms with Crippen molar-refractivity contribution in [2.45, 2.75) is 12.5 Å². The highest BCUT2D eigenvalue weighted by atomic mass is 16.4. The number of nitrogens with one attached hydrogen (secondary N) is 1. The molecule has 1 heterocycles. The second kappa shape index (κ2) is 5.72. The number of anilines is 1. The number of hydrogen-bond acceptors (Lipinski definition) is 5. The molecule has 0 aliphatic rings. The van der Waals surface area contributed by atoms with Crippen LogP contribution in [0.15, 0.2) is 42.7 Å². The molecular formula is C12H12N4O2. The molecule has 0 saturated heterocycles. The van der Waals surface area contributed by atoms with Gasteiger partial charge in [-0.15, -0.1) is 10.2 Å². The Kier molecular flexibility index (Phi) is 3.80. The van der Waals surface area contributed by atoms with E-state index in [1.54, 1.807) is 0 Å². The molecule has 6 heteroatoms. The van der Waals surface area contributed by atoms with Crippen molar-refractivity contribution >= 4 is 11.7 Å². The first-order valence-electron chi connectivity index (χ1n) is 5.42. The highest BCUT2D eigenvalue weighted by Crippen LogP contribution is 2.09. The van der Waals surface area contributed by atoms with Gasteiger partial charge in [-0.2, -0.15) is 0 Å². The maximum atomic E-state index is 11.2. The van der Waals surface area contributed by atoms with Gasteiger partial charge in [-0.1, -0.05) is 30.3 Å². The standard InChI is InChI=1S/C12H12N4O2/c17-12(18)11(6-9-4-2-1-3-5-9)15-10-7-13-16-14-8-10/h1-5,7-8,11H,6H2,(H,15,16)(H,17,18). The molecule has 6 nitrogen and oxygen atoms in total. The third-order valence-corrected chi connectivity index (χ3v) is 2.42. The highest BCUT2D eigenvalue weighted by molar-refractivity contribution is 5.77. The van der Waals surface area contributed by atoms with Gasteiger partial charge in [0.15, 0.2) is 0 Å². The van der Waals surface area contributed by atoms with Crippen LogP contribution < -0.4 is 5.32 Å². The summed E-state index contributed by atoms with van der Waals surface area (Å²) in [5.74, 6) is -0.921. The molecule has 1 aromatic heterocycles. The van der Waals surface area contributed by atoms with Crippen LogP contribution >= 0.6 is 0 Å². The molecule has 1 unspecified atom stereocenters. The molecule has 1 atom stereocenters. The van der Waals surface area contributed by atoms with E-state index in [1.807, 2.05) is 30.3 Å². The molecule has 0 spiro atoms. The predicted octanol–water partition coefficient (Wildman–Crippen LogP) is 0.979. The van der Waals surface area contributed by atoms with E-state index in [0.29, 0.717) is 12.1 Å². The van der Waals surface area contributed by atoms with Gasteiger partial charge >= 0.3 is 5.97 Å². The molecule has 2 aromatic rings. The Bertz CT molecular complexity index is 463. The molecule has 0 saturated carbocycles. The molecule has 0 aliphatic heterocycles. The maximum Gasteiger partial charge on any atom is 0.326 e. The lowest BCUT2D eigenvalue weighted by Crippen LogP contribution is -2.31. The zero-order valence-corrected chi connectivity index (χ0v) is 9.52. The quantitative estimate of drug-likeness (QED) is 0.815. The molecular weight excluding hydrogens is 232 g/mol. The second-order valence-electron chi connectivity index (χ2n) is 3.76. The molecule has 0 fully saturated rings. The van der Waals surface area contributed by atoms with Crippen LogP contribution in [-0.2, 0) is 11.2 Å². The minimum atomic E-state index is -0.921. The van der Waals surface area contributed by atoms with E-state index in [9.17, 15) is 9.90 Å². The van der Waals surface area contributed by atoms with Crippen LogP contribution in [-0.4, -0.2) is 32.5 Å². The van der Waals surface area contributed by atoms with Gasteiger partial charge in [0.2, 0.25) is 0 Å². The summed E-state index contributed by atoms with van der Waals surface area (Å²) < 4.78 is 0. The third kappa shape index (κ3) is 3.24. The number of hydrogen-bond donors (Lipinski definition) is 2. The van der Waals surface area contributed by atoms with Crippen molar-refractivity contribution in [2.75, 3.05) is 5.32 Å². The monoisotopic (exact) mass is 244 g/mol. The number of benzene rings is 1. The average Bonchev–Trinajstić information content (AvgIpc) is 2.40. The average molecular weight is 244 g/mol. The van der Waals surface area contributed by atoms with Crippen molar-refractivity contribution in [3.63, 3.8) is 0 Å². The third-order valence-electron chi connectivity index (χ3n) is 2.42. The van der Waals surface area contributed by atoms with Gasteiger partial charge < -0.3 is 10.4 Å². The molecule has 0 radical (unpaired) electrons. The van der Waals surface area contributed by atoms with Gasteiger partial charge in [-0.05, 0) is 10.8 Å². The maximum absolute atomic E-state index is 11.2.